The van der Waals surface area contributed by atoms with Crippen molar-refractivity contribution in [1.82, 2.24) is 4.31 Å². The van der Waals surface area contributed by atoms with Crippen molar-refractivity contribution in [1.29, 1.82) is 0 Å². The van der Waals surface area contributed by atoms with Crippen LogP contribution < -0.4 is 4.90 Å². The van der Waals surface area contributed by atoms with Gasteiger partial charge < -0.3 is 15.1 Å². The minimum atomic E-state index is -2.27. The van der Waals surface area contributed by atoms with Crippen LogP contribution in [-0.2, 0) is 4.79 Å². The second-order valence-electron chi connectivity index (χ2n) is 9.22. The first-order chi connectivity index (χ1) is 17.0. The normalized spacial score (nSPS) is 20.8. The van der Waals surface area contributed by atoms with Crippen LogP contribution in [0.15, 0.2) is 23.1 Å². The van der Waals surface area contributed by atoms with E-state index < -0.39 is 58.2 Å². The van der Waals surface area contributed by atoms with E-state index in [9.17, 15) is 41.8 Å². The van der Waals surface area contributed by atoms with Crippen LogP contribution in [0, 0.1) is 46.8 Å². The molecule has 6 nitrogen and oxygen atoms in total. The van der Waals surface area contributed by atoms with Crippen molar-refractivity contribution in [3.05, 3.63) is 52.8 Å². The summed E-state index contributed by atoms with van der Waals surface area (Å²) in [6.45, 7) is -0.181. The number of halogens is 5. The number of carboxylic acid groups (broad SMARTS) is 1. The summed E-state index contributed by atoms with van der Waals surface area (Å²) in [6, 6.07) is 3.71. The molecule has 36 heavy (non-hydrogen) atoms. The van der Waals surface area contributed by atoms with Gasteiger partial charge in [0.15, 0.2) is 23.3 Å². The molecule has 2 aromatic carbocycles. The van der Waals surface area contributed by atoms with Gasteiger partial charge in [-0.2, -0.15) is 0 Å². The number of benzene rings is 2. The van der Waals surface area contributed by atoms with E-state index in [0.717, 1.165) is 36.1 Å². The number of amides is 1. The van der Waals surface area contributed by atoms with Crippen molar-refractivity contribution in [2.45, 2.75) is 30.6 Å². The maximum atomic E-state index is 14.1. The van der Waals surface area contributed by atoms with Crippen LogP contribution in [0.25, 0.3) is 0 Å². The quantitative estimate of drug-likeness (QED) is 0.212. The van der Waals surface area contributed by atoms with Gasteiger partial charge in [0, 0.05) is 18.3 Å². The third kappa shape index (κ3) is 5.01. The predicted molar refractivity (Wildman–Crippen MR) is 121 cm³/mol. The van der Waals surface area contributed by atoms with Crippen molar-refractivity contribution < 1.29 is 41.8 Å². The number of phenols is 1. The average Bonchev–Trinajstić information content (AvgIpc) is 3.45. The van der Waals surface area contributed by atoms with Crippen LogP contribution in [0.5, 0.6) is 5.75 Å². The molecule has 3 atom stereocenters. The lowest BCUT2D eigenvalue weighted by Gasteiger charge is -2.31. The Hall–Kier alpha value is -2.86. The Bertz CT molecular complexity index is 1180. The lowest BCUT2D eigenvalue weighted by molar-refractivity contribution is -0.118. The lowest BCUT2D eigenvalue weighted by Crippen LogP contribution is -2.41. The fourth-order valence-corrected chi connectivity index (χ4v) is 6.01. The third-order valence-electron chi connectivity index (χ3n) is 6.90. The van der Waals surface area contributed by atoms with E-state index in [1.54, 1.807) is 0 Å². The van der Waals surface area contributed by atoms with Gasteiger partial charge in [0.2, 0.25) is 11.7 Å². The Morgan fingerprint density at radius 1 is 1.00 bits per heavy atom. The van der Waals surface area contributed by atoms with Gasteiger partial charge in [-0.15, -0.1) is 0 Å². The topological polar surface area (TPSA) is 81.1 Å². The molecule has 2 N–H and O–H groups in total. The van der Waals surface area contributed by atoms with Crippen molar-refractivity contribution >= 4 is 29.5 Å². The Morgan fingerprint density at radius 3 is 2.17 bits per heavy atom. The maximum absolute atomic E-state index is 14.1. The SMILES string of the molecule is CN(CC(=O)N(CC1CC2CCC1C2)c1ccc(C(=O)O)c(O)c1)Sc1c(F)c(F)c(F)c(F)c1F. The molecule has 0 radical (unpaired) electrons. The second-order valence-corrected chi connectivity index (χ2v) is 10.4. The van der Waals surface area contributed by atoms with Crippen LogP contribution in [0.2, 0.25) is 0 Å². The number of aromatic hydroxyl groups is 1. The van der Waals surface area contributed by atoms with E-state index in [2.05, 4.69) is 0 Å². The number of hydrogen-bond donors (Lipinski definition) is 2. The van der Waals surface area contributed by atoms with Gasteiger partial charge in [0.1, 0.15) is 16.2 Å². The molecule has 194 valence electrons. The van der Waals surface area contributed by atoms with E-state index in [1.165, 1.54) is 24.1 Å². The number of carbonyl (C=O) groups excluding carboxylic acids is 1. The minimum absolute atomic E-state index is 0.183. The van der Waals surface area contributed by atoms with Crippen molar-refractivity contribution in [3.63, 3.8) is 0 Å². The summed E-state index contributed by atoms with van der Waals surface area (Å²) in [6.07, 6.45) is 4.15. The maximum Gasteiger partial charge on any atom is 0.339 e. The Labute approximate surface area is 207 Å². The largest absolute Gasteiger partial charge is 0.507 e. The molecule has 4 rings (SSSR count). The summed E-state index contributed by atoms with van der Waals surface area (Å²) < 4.78 is 69.7. The molecule has 12 heteroatoms. The molecule has 1 amide bonds. The summed E-state index contributed by atoms with van der Waals surface area (Å²) in [4.78, 5) is 24.8. The molecule has 0 spiro atoms. The highest BCUT2D eigenvalue weighted by Crippen LogP contribution is 2.49. The third-order valence-corrected chi connectivity index (χ3v) is 7.88. The summed E-state index contributed by atoms with van der Waals surface area (Å²) in [5.74, 6) is -11.7. The fraction of sp³-hybridized carbons (Fsp3) is 0.417. The van der Waals surface area contributed by atoms with Gasteiger partial charge in [-0.3, -0.25) is 4.79 Å². The van der Waals surface area contributed by atoms with Gasteiger partial charge in [0.25, 0.3) is 0 Å². The molecule has 0 aromatic heterocycles. The van der Waals surface area contributed by atoms with Crippen molar-refractivity contribution in [2.75, 3.05) is 25.0 Å². The number of hydrogen-bond acceptors (Lipinski definition) is 5. The highest BCUT2D eigenvalue weighted by Gasteiger charge is 2.41. The zero-order chi connectivity index (χ0) is 26.3. The number of rotatable bonds is 8. The summed E-state index contributed by atoms with van der Waals surface area (Å²) in [7, 11) is 1.27. The fourth-order valence-electron chi connectivity index (χ4n) is 5.18. The van der Waals surface area contributed by atoms with Crippen LogP contribution in [-0.4, -0.2) is 46.5 Å². The van der Waals surface area contributed by atoms with Crippen molar-refractivity contribution in [3.8, 4) is 5.75 Å². The minimum Gasteiger partial charge on any atom is -0.507 e. The van der Waals surface area contributed by atoms with E-state index in [0.29, 0.717) is 11.8 Å². The molecule has 2 fully saturated rings. The number of carboxylic acids is 1. The van der Waals surface area contributed by atoms with E-state index in [-0.39, 0.29) is 35.7 Å². The first kappa shape index (κ1) is 26.2. The average molecular weight is 531 g/mol. The van der Waals surface area contributed by atoms with Gasteiger partial charge in [-0.1, -0.05) is 6.42 Å². The monoisotopic (exact) mass is 530 g/mol. The van der Waals surface area contributed by atoms with Crippen LogP contribution in [0.3, 0.4) is 0 Å². The molecular formula is C24H23F5N2O4S. The zero-order valence-corrected chi connectivity index (χ0v) is 19.9. The smallest absolute Gasteiger partial charge is 0.339 e. The zero-order valence-electron chi connectivity index (χ0n) is 19.1. The molecule has 2 aliphatic carbocycles. The van der Waals surface area contributed by atoms with E-state index in [1.807, 2.05) is 0 Å². The standard InChI is InChI=1S/C24H23F5N2O4S/c1-30(36-23-21(28)19(26)18(25)20(27)22(23)29)10-17(33)31(9-13-7-11-2-3-12(13)6-11)14-4-5-15(24(34)35)16(32)8-14/h4-5,8,11-13,32H,2-3,6-7,9-10H2,1H3,(H,34,35). The lowest BCUT2D eigenvalue weighted by atomic mass is 9.88. The molecule has 0 saturated heterocycles. The molecule has 2 saturated carbocycles. The number of fused-ring (bicyclic) bond motifs is 2. The van der Waals surface area contributed by atoms with Gasteiger partial charge in [0.05, 0.1) is 6.54 Å². The number of likely N-dealkylation sites (N-methyl/N-ethyl adjacent to an activating group) is 1. The first-order valence-corrected chi connectivity index (χ1v) is 12.0. The molecule has 3 unspecified atom stereocenters. The summed E-state index contributed by atoms with van der Waals surface area (Å²) in [5, 5.41) is 19.3. The highest BCUT2D eigenvalue weighted by atomic mass is 32.2. The number of aromatic carboxylic acids is 1. The molecule has 2 bridgehead atoms. The van der Waals surface area contributed by atoms with E-state index in [4.69, 9.17) is 0 Å². The molecule has 0 heterocycles. The van der Waals surface area contributed by atoms with Crippen LogP contribution >= 0.6 is 11.9 Å². The molecule has 2 aromatic rings. The van der Waals surface area contributed by atoms with Gasteiger partial charge in [-0.25, -0.2) is 31.1 Å². The van der Waals surface area contributed by atoms with Crippen LogP contribution in [0.1, 0.15) is 36.0 Å². The number of carbonyl (C=O) groups is 2. The Morgan fingerprint density at radius 2 is 1.64 bits per heavy atom. The number of nitrogens with zero attached hydrogens (tertiary/aromatic N) is 2. The van der Waals surface area contributed by atoms with Crippen LogP contribution in [0.4, 0.5) is 27.6 Å². The first-order valence-electron chi connectivity index (χ1n) is 11.2. The second kappa shape index (κ2) is 10.3. The van der Waals surface area contributed by atoms with Gasteiger partial charge in [-0.05, 0) is 68.1 Å². The highest BCUT2D eigenvalue weighted by molar-refractivity contribution is 7.97. The Kier molecular flexibility index (Phi) is 7.46. The summed E-state index contributed by atoms with van der Waals surface area (Å²) >= 11 is 0.201. The predicted octanol–water partition coefficient (Wildman–Crippen LogP) is 5.19. The molecule has 0 aliphatic heterocycles. The van der Waals surface area contributed by atoms with Gasteiger partial charge >= 0.3 is 5.97 Å². The Balaban J connectivity index is 1.56. The number of anilines is 1. The van der Waals surface area contributed by atoms with E-state index >= 15 is 0 Å². The molecule has 2 aliphatic rings. The van der Waals surface area contributed by atoms with Crippen molar-refractivity contribution in [2.24, 2.45) is 17.8 Å². The summed E-state index contributed by atoms with van der Waals surface area (Å²) in [5.41, 5.74) is -0.107. The molecular weight excluding hydrogens is 507 g/mol.